The molecule has 0 spiro atoms. The molecule has 1 heterocycles. The van der Waals surface area contributed by atoms with Crippen LogP contribution in [0.4, 0.5) is 0 Å². The number of hydrogen-bond donors (Lipinski definition) is 2. The summed E-state index contributed by atoms with van der Waals surface area (Å²) in [6, 6.07) is 5.05. The highest BCUT2D eigenvalue weighted by Crippen LogP contribution is 2.48. The number of benzene rings is 1. The third-order valence-electron chi connectivity index (χ3n) is 4.38. The average molecular weight is 254 g/mol. The van der Waals surface area contributed by atoms with Gasteiger partial charge in [0.25, 0.3) is 0 Å². The van der Waals surface area contributed by atoms with Gasteiger partial charge in [0.15, 0.2) is 0 Å². The molecule has 4 nitrogen and oxygen atoms in total. The number of carboxylic acids is 1. The van der Waals surface area contributed by atoms with Crippen LogP contribution in [0.25, 0.3) is 11.0 Å². The Bertz CT molecular complexity index is 701. The van der Waals surface area contributed by atoms with Gasteiger partial charge < -0.3 is 10.1 Å². The third-order valence-corrected chi connectivity index (χ3v) is 4.38. The van der Waals surface area contributed by atoms with E-state index in [0.717, 1.165) is 23.3 Å². The molecule has 2 aliphatic rings. The number of imidazole rings is 1. The van der Waals surface area contributed by atoms with Crippen molar-refractivity contribution in [3.05, 3.63) is 41.7 Å². The van der Waals surface area contributed by atoms with Crippen LogP contribution in [0.3, 0.4) is 0 Å². The maximum Gasteiger partial charge on any atom is 0.335 e. The van der Waals surface area contributed by atoms with Crippen LogP contribution in [0.5, 0.6) is 0 Å². The van der Waals surface area contributed by atoms with Crippen LogP contribution in [0.2, 0.25) is 0 Å². The fourth-order valence-electron chi connectivity index (χ4n) is 3.43. The van der Waals surface area contributed by atoms with Gasteiger partial charge in [0, 0.05) is 5.92 Å². The van der Waals surface area contributed by atoms with E-state index in [0.29, 0.717) is 23.3 Å². The van der Waals surface area contributed by atoms with Gasteiger partial charge in [-0.15, -0.1) is 0 Å². The quantitative estimate of drug-likeness (QED) is 0.810. The van der Waals surface area contributed by atoms with Gasteiger partial charge in [-0.25, -0.2) is 9.78 Å². The Morgan fingerprint density at radius 2 is 2.21 bits per heavy atom. The number of allylic oxidation sites excluding steroid dienone is 2. The van der Waals surface area contributed by atoms with Crippen LogP contribution in [-0.2, 0) is 0 Å². The van der Waals surface area contributed by atoms with Crippen molar-refractivity contribution in [3.63, 3.8) is 0 Å². The lowest BCUT2D eigenvalue weighted by Crippen LogP contribution is -2.06. The maximum absolute atomic E-state index is 11.0. The van der Waals surface area contributed by atoms with E-state index >= 15 is 0 Å². The minimum absolute atomic E-state index is 0.301. The summed E-state index contributed by atoms with van der Waals surface area (Å²) in [7, 11) is 0. The van der Waals surface area contributed by atoms with Crippen molar-refractivity contribution < 1.29 is 9.90 Å². The molecule has 1 aromatic heterocycles. The molecule has 4 rings (SSSR count). The summed E-state index contributed by atoms with van der Waals surface area (Å²) >= 11 is 0. The number of aromatic amines is 1. The molecule has 0 radical (unpaired) electrons. The summed E-state index contributed by atoms with van der Waals surface area (Å²) in [5, 5.41) is 9.01. The van der Waals surface area contributed by atoms with Crippen molar-refractivity contribution >= 4 is 17.0 Å². The van der Waals surface area contributed by atoms with Gasteiger partial charge in [-0.2, -0.15) is 0 Å². The lowest BCUT2D eigenvalue weighted by Gasteiger charge is -2.14. The summed E-state index contributed by atoms with van der Waals surface area (Å²) in [5.74, 6) is 1.88. The Hall–Kier alpha value is -2.10. The number of hydrogen-bond acceptors (Lipinski definition) is 2. The van der Waals surface area contributed by atoms with Crippen molar-refractivity contribution in [2.24, 2.45) is 11.8 Å². The summed E-state index contributed by atoms with van der Waals surface area (Å²) in [5.41, 5.74) is 1.98. The van der Waals surface area contributed by atoms with Crippen molar-refractivity contribution in [1.82, 2.24) is 9.97 Å². The normalized spacial score (nSPS) is 28.3. The van der Waals surface area contributed by atoms with E-state index in [9.17, 15) is 4.79 Å². The predicted molar refractivity (Wildman–Crippen MR) is 71.1 cm³/mol. The summed E-state index contributed by atoms with van der Waals surface area (Å²) in [6.07, 6.45) is 7.01. The van der Waals surface area contributed by atoms with Crippen LogP contribution >= 0.6 is 0 Å². The van der Waals surface area contributed by atoms with E-state index in [-0.39, 0.29) is 0 Å². The fourth-order valence-corrected chi connectivity index (χ4v) is 3.43. The number of nitrogens with one attached hydrogen (secondary N) is 1. The molecule has 0 saturated heterocycles. The standard InChI is InChI=1S/C15H14N2O2/c18-15(19)10-3-4-12-13(7-10)17-14(16-12)11-6-8-1-2-9(11)5-8/h1-4,7-9,11H,5-6H2,(H,16,17)(H,18,19)/t8-,9+,11?/m0/s1. The first-order valence-electron chi connectivity index (χ1n) is 6.62. The van der Waals surface area contributed by atoms with Gasteiger partial charge >= 0.3 is 5.97 Å². The van der Waals surface area contributed by atoms with E-state index in [2.05, 4.69) is 22.1 Å². The largest absolute Gasteiger partial charge is 0.478 e. The molecule has 3 atom stereocenters. The second-order valence-electron chi connectivity index (χ2n) is 5.55. The zero-order valence-corrected chi connectivity index (χ0v) is 10.3. The molecule has 2 N–H and O–H groups in total. The number of fused-ring (bicyclic) bond motifs is 3. The smallest absolute Gasteiger partial charge is 0.335 e. The second kappa shape index (κ2) is 3.70. The Morgan fingerprint density at radius 1 is 1.32 bits per heavy atom. The van der Waals surface area contributed by atoms with Crippen LogP contribution in [0, 0.1) is 11.8 Å². The minimum Gasteiger partial charge on any atom is -0.478 e. The molecular formula is C15H14N2O2. The average Bonchev–Trinajstić information content (AvgIpc) is 3.11. The molecule has 1 aromatic carbocycles. The topological polar surface area (TPSA) is 66.0 Å². The van der Waals surface area contributed by atoms with Crippen LogP contribution in [0.1, 0.15) is 34.9 Å². The highest BCUT2D eigenvalue weighted by molar-refractivity contribution is 5.92. The third kappa shape index (κ3) is 1.59. The summed E-state index contributed by atoms with van der Waals surface area (Å²) < 4.78 is 0. The van der Waals surface area contributed by atoms with Gasteiger partial charge in [0.1, 0.15) is 5.82 Å². The molecule has 4 heteroatoms. The van der Waals surface area contributed by atoms with Gasteiger partial charge in [-0.3, -0.25) is 0 Å². The number of aromatic nitrogens is 2. The molecular weight excluding hydrogens is 240 g/mol. The molecule has 19 heavy (non-hydrogen) atoms. The lowest BCUT2D eigenvalue weighted by molar-refractivity contribution is 0.0697. The van der Waals surface area contributed by atoms with Crippen LogP contribution in [-0.4, -0.2) is 21.0 Å². The molecule has 1 saturated carbocycles. The van der Waals surface area contributed by atoms with E-state index < -0.39 is 5.97 Å². The lowest BCUT2D eigenvalue weighted by atomic mass is 9.93. The van der Waals surface area contributed by atoms with Gasteiger partial charge in [0.05, 0.1) is 16.6 Å². The molecule has 2 aliphatic carbocycles. The summed E-state index contributed by atoms with van der Waals surface area (Å²) in [6.45, 7) is 0. The highest BCUT2D eigenvalue weighted by atomic mass is 16.4. The Kier molecular flexibility index (Phi) is 2.10. The van der Waals surface area contributed by atoms with E-state index in [4.69, 9.17) is 5.11 Å². The predicted octanol–water partition coefficient (Wildman–Crippen LogP) is 2.94. The molecule has 96 valence electrons. The van der Waals surface area contributed by atoms with Gasteiger partial charge in [-0.05, 0) is 42.9 Å². The molecule has 1 unspecified atom stereocenters. The molecule has 2 aromatic rings. The number of carbonyl (C=O) groups is 1. The number of rotatable bonds is 2. The molecule has 1 fully saturated rings. The first-order chi connectivity index (χ1) is 9.20. The number of nitrogens with zero attached hydrogens (tertiary/aromatic N) is 1. The van der Waals surface area contributed by atoms with Gasteiger partial charge in [-0.1, -0.05) is 12.2 Å². The van der Waals surface area contributed by atoms with E-state index in [1.54, 1.807) is 18.2 Å². The Morgan fingerprint density at radius 3 is 2.89 bits per heavy atom. The Balaban J connectivity index is 1.76. The highest BCUT2D eigenvalue weighted by Gasteiger charge is 2.38. The van der Waals surface area contributed by atoms with Crippen LogP contribution in [0.15, 0.2) is 30.4 Å². The zero-order chi connectivity index (χ0) is 13.0. The SMILES string of the molecule is O=C(O)c1ccc2nc(C3C[C@H]4C=C[C@@H]3C4)[nH]c2c1. The van der Waals surface area contributed by atoms with Crippen molar-refractivity contribution in [2.45, 2.75) is 18.8 Å². The number of carboxylic acid groups (broad SMARTS) is 1. The monoisotopic (exact) mass is 254 g/mol. The minimum atomic E-state index is -0.902. The molecule has 0 amide bonds. The molecule has 2 bridgehead atoms. The zero-order valence-electron chi connectivity index (χ0n) is 10.3. The first kappa shape index (κ1) is 10.8. The van der Waals surface area contributed by atoms with Crippen molar-refractivity contribution in [1.29, 1.82) is 0 Å². The maximum atomic E-state index is 11.0. The number of aromatic carboxylic acids is 1. The fraction of sp³-hybridized carbons (Fsp3) is 0.333. The van der Waals surface area contributed by atoms with Gasteiger partial charge in [0.2, 0.25) is 0 Å². The second-order valence-corrected chi connectivity index (χ2v) is 5.55. The van der Waals surface area contributed by atoms with Crippen LogP contribution < -0.4 is 0 Å². The molecule has 0 aliphatic heterocycles. The first-order valence-corrected chi connectivity index (χ1v) is 6.62. The van der Waals surface area contributed by atoms with Crippen molar-refractivity contribution in [3.8, 4) is 0 Å². The number of H-pyrrole nitrogens is 1. The van der Waals surface area contributed by atoms with E-state index in [1.807, 2.05) is 0 Å². The Labute approximate surface area is 110 Å². The van der Waals surface area contributed by atoms with Crippen molar-refractivity contribution in [2.75, 3.05) is 0 Å². The summed E-state index contributed by atoms with van der Waals surface area (Å²) in [4.78, 5) is 18.9. The van der Waals surface area contributed by atoms with E-state index in [1.165, 1.54) is 6.42 Å².